The fraction of sp³-hybridized carbons (Fsp3) is 0.500. The molecule has 2 aliphatic rings. The number of hydrogen-bond acceptors (Lipinski definition) is 3. The van der Waals surface area contributed by atoms with Crippen LogP contribution in [-0.4, -0.2) is 35.1 Å². The molecule has 116 valence electrons. The van der Waals surface area contributed by atoms with E-state index in [-0.39, 0.29) is 0 Å². The number of fused-ring (bicyclic) bond motifs is 3. The van der Waals surface area contributed by atoms with Crippen molar-refractivity contribution in [2.75, 3.05) is 13.1 Å². The fourth-order valence-corrected chi connectivity index (χ4v) is 4.10. The topological polar surface area (TPSA) is 28.2 Å². The van der Waals surface area contributed by atoms with Gasteiger partial charge in [-0.05, 0) is 37.8 Å². The third-order valence-electron chi connectivity index (χ3n) is 5.13. The van der Waals surface area contributed by atoms with Gasteiger partial charge in [-0.3, -0.25) is 4.90 Å². The second-order valence-corrected chi connectivity index (χ2v) is 7.05. The zero-order chi connectivity index (χ0) is 15.1. The number of likely N-dealkylation sites (tertiary alicyclic amines) is 1. The molecule has 0 saturated carbocycles. The number of halogens is 1. The molecule has 0 aliphatic carbocycles. The van der Waals surface area contributed by atoms with Crippen molar-refractivity contribution in [1.82, 2.24) is 15.2 Å². The smallest absolute Gasteiger partial charge is 0.0740 e. The average Bonchev–Trinajstić information content (AvgIpc) is 2.87. The van der Waals surface area contributed by atoms with E-state index in [0.717, 1.165) is 52.9 Å². The molecule has 3 heterocycles. The molecule has 2 unspecified atom stereocenters. The number of para-hydroxylation sites is 1. The van der Waals surface area contributed by atoms with Gasteiger partial charge in [0.2, 0.25) is 0 Å². The summed E-state index contributed by atoms with van der Waals surface area (Å²) in [5.74, 6) is 0. The second-order valence-electron chi connectivity index (χ2n) is 6.68. The molecule has 2 atom stereocenters. The first-order valence-corrected chi connectivity index (χ1v) is 8.60. The van der Waals surface area contributed by atoms with Crippen LogP contribution in [0.3, 0.4) is 0 Å². The van der Waals surface area contributed by atoms with Gasteiger partial charge in [0.25, 0.3) is 0 Å². The SMILES string of the molecule is Cc1c(Cl)c(CN2CCC3CCC(C2)N3)nc2ccccc12. The van der Waals surface area contributed by atoms with E-state index in [0.29, 0.717) is 6.04 Å². The molecule has 0 amide bonds. The molecule has 22 heavy (non-hydrogen) atoms. The van der Waals surface area contributed by atoms with Gasteiger partial charge in [0.05, 0.1) is 16.2 Å². The Kier molecular flexibility index (Phi) is 3.81. The maximum absolute atomic E-state index is 6.61. The van der Waals surface area contributed by atoms with E-state index in [2.05, 4.69) is 29.3 Å². The van der Waals surface area contributed by atoms with E-state index in [1.54, 1.807) is 0 Å². The van der Waals surface area contributed by atoms with Gasteiger partial charge in [-0.25, -0.2) is 4.98 Å². The Hall–Kier alpha value is -1.16. The number of rotatable bonds is 2. The minimum absolute atomic E-state index is 0.646. The minimum atomic E-state index is 0.646. The highest BCUT2D eigenvalue weighted by molar-refractivity contribution is 6.32. The van der Waals surface area contributed by atoms with Crippen molar-refractivity contribution in [3.8, 4) is 0 Å². The number of pyridine rings is 1. The number of aryl methyl sites for hydroxylation is 1. The van der Waals surface area contributed by atoms with Crippen LogP contribution in [0, 0.1) is 6.92 Å². The first-order chi connectivity index (χ1) is 10.7. The maximum atomic E-state index is 6.61. The van der Waals surface area contributed by atoms with Gasteiger partial charge in [-0.15, -0.1) is 0 Å². The molecule has 1 aromatic carbocycles. The molecule has 2 aliphatic heterocycles. The zero-order valence-corrected chi connectivity index (χ0v) is 13.7. The molecule has 3 nitrogen and oxygen atoms in total. The van der Waals surface area contributed by atoms with Gasteiger partial charge in [0, 0.05) is 37.1 Å². The molecule has 2 fully saturated rings. The van der Waals surface area contributed by atoms with E-state index in [1.807, 2.05) is 12.1 Å². The maximum Gasteiger partial charge on any atom is 0.0740 e. The van der Waals surface area contributed by atoms with Gasteiger partial charge < -0.3 is 5.32 Å². The average molecular weight is 316 g/mol. The van der Waals surface area contributed by atoms with E-state index >= 15 is 0 Å². The Bertz CT molecular complexity index is 700. The van der Waals surface area contributed by atoms with Crippen LogP contribution < -0.4 is 5.32 Å². The summed E-state index contributed by atoms with van der Waals surface area (Å²) in [4.78, 5) is 7.34. The summed E-state index contributed by atoms with van der Waals surface area (Å²) < 4.78 is 0. The number of hydrogen-bond donors (Lipinski definition) is 1. The Morgan fingerprint density at radius 3 is 2.95 bits per heavy atom. The number of benzene rings is 1. The molecule has 1 aromatic heterocycles. The lowest BCUT2D eigenvalue weighted by Gasteiger charge is -2.24. The van der Waals surface area contributed by atoms with Crippen molar-refractivity contribution < 1.29 is 0 Å². The lowest BCUT2D eigenvalue weighted by atomic mass is 10.1. The van der Waals surface area contributed by atoms with Crippen molar-refractivity contribution in [2.24, 2.45) is 0 Å². The van der Waals surface area contributed by atoms with Crippen LogP contribution in [0.2, 0.25) is 5.02 Å². The zero-order valence-electron chi connectivity index (χ0n) is 13.0. The summed E-state index contributed by atoms with van der Waals surface area (Å²) in [6, 6.07) is 9.63. The fourth-order valence-electron chi connectivity index (χ4n) is 3.89. The largest absolute Gasteiger partial charge is 0.310 e. The van der Waals surface area contributed by atoms with Crippen molar-refractivity contribution in [1.29, 1.82) is 0 Å². The van der Waals surface area contributed by atoms with Crippen LogP contribution in [-0.2, 0) is 6.54 Å². The monoisotopic (exact) mass is 315 g/mol. The number of aromatic nitrogens is 1. The summed E-state index contributed by atoms with van der Waals surface area (Å²) in [5, 5.41) is 5.72. The summed E-state index contributed by atoms with van der Waals surface area (Å²) in [5.41, 5.74) is 3.22. The predicted octanol–water partition coefficient (Wildman–Crippen LogP) is 3.52. The molecule has 2 aromatic rings. The summed E-state index contributed by atoms with van der Waals surface area (Å²) in [7, 11) is 0. The highest BCUT2D eigenvalue weighted by Crippen LogP contribution is 2.29. The van der Waals surface area contributed by atoms with Crippen LogP contribution in [0.25, 0.3) is 10.9 Å². The third-order valence-corrected chi connectivity index (χ3v) is 5.63. The molecule has 0 spiro atoms. The molecule has 2 saturated heterocycles. The normalized spacial score (nSPS) is 25.5. The summed E-state index contributed by atoms with van der Waals surface area (Å²) >= 11 is 6.61. The van der Waals surface area contributed by atoms with Crippen LogP contribution >= 0.6 is 11.6 Å². The summed E-state index contributed by atoms with van der Waals surface area (Å²) in [6.07, 6.45) is 3.88. The minimum Gasteiger partial charge on any atom is -0.310 e. The van der Waals surface area contributed by atoms with Crippen LogP contribution in [0.5, 0.6) is 0 Å². The molecular formula is C18H22ClN3. The highest BCUT2D eigenvalue weighted by atomic mass is 35.5. The molecule has 0 radical (unpaired) electrons. The van der Waals surface area contributed by atoms with Crippen molar-refractivity contribution in [3.05, 3.63) is 40.5 Å². The molecule has 2 bridgehead atoms. The van der Waals surface area contributed by atoms with Gasteiger partial charge in [-0.2, -0.15) is 0 Å². The predicted molar refractivity (Wildman–Crippen MR) is 91.3 cm³/mol. The van der Waals surface area contributed by atoms with Crippen LogP contribution in [0.15, 0.2) is 24.3 Å². The van der Waals surface area contributed by atoms with Crippen molar-refractivity contribution in [2.45, 2.75) is 44.8 Å². The Morgan fingerprint density at radius 2 is 2.05 bits per heavy atom. The lowest BCUT2D eigenvalue weighted by molar-refractivity contribution is 0.248. The van der Waals surface area contributed by atoms with Crippen LogP contribution in [0.1, 0.15) is 30.5 Å². The van der Waals surface area contributed by atoms with Gasteiger partial charge in [0.15, 0.2) is 0 Å². The standard InChI is InChI=1S/C18H22ClN3/c1-12-15-4-2-3-5-16(15)21-17(18(12)19)11-22-9-8-13-6-7-14(10-22)20-13/h2-5,13-14,20H,6-11H2,1H3. The van der Waals surface area contributed by atoms with E-state index < -0.39 is 0 Å². The molecule has 1 N–H and O–H groups in total. The number of nitrogens with zero attached hydrogens (tertiary/aromatic N) is 2. The van der Waals surface area contributed by atoms with Crippen molar-refractivity contribution in [3.63, 3.8) is 0 Å². The van der Waals surface area contributed by atoms with E-state index in [9.17, 15) is 0 Å². The Labute approximate surface area is 136 Å². The van der Waals surface area contributed by atoms with Crippen molar-refractivity contribution >= 4 is 22.5 Å². The lowest BCUT2D eigenvalue weighted by Crippen LogP contribution is -2.35. The Balaban J connectivity index is 1.62. The third kappa shape index (κ3) is 2.62. The molecule has 4 rings (SSSR count). The Morgan fingerprint density at radius 1 is 1.23 bits per heavy atom. The quantitative estimate of drug-likeness (QED) is 0.919. The second kappa shape index (κ2) is 5.80. The first kappa shape index (κ1) is 14.4. The van der Waals surface area contributed by atoms with Gasteiger partial charge in [-0.1, -0.05) is 29.8 Å². The van der Waals surface area contributed by atoms with E-state index in [4.69, 9.17) is 16.6 Å². The summed E-state index contributed by atoms with van der Waals surface area (Å²) in [6.45, 7) is 5.20. The highest BCUT2D eigenvalue weighted by Gasteiger charge is 2.29. The van der Waals surface area contributed by atoms with Gasteiger partial charge >= 0.3 is 0 Å². The number of nitrogens with one attached hydrogen (secondary N) is 1. The first-order valence-electron chi connectivity index (χ1n) is 8.23. The van der Waals surface area contributed by atoms with E-state index in [1.165, 1.54) is 19.3 Å². The van der Waals surface area contributed by atoms with Gasteiger partial charge in [0.1, 0.15) is 0 Å². The van der Waals surface area contributed by atoms with Crippen LogP contribution in [0.4, 0.5) is 0 Å². The molecular weight excluding hydrogens is 294 g/mol. The molecule has 4 heteroatoms.